The summed E-state index contributed by atoms with van der Waals surface area (Å²) in [5.41, 5.74) is 3.42. The van der Waals surface area contributed by atoms with Crippen LogP contribution >= 0.6 is 11.3 Å². The Morgan fingerprint density at radius 3 is 2.46 bits per heavy atom. The van der Waals surface area contributed by atoms with Gasteiger partial charge in [0.25, 0.3) is 10.0 Å². The number of thiazole rings is 1. The van der Waals surface area contributed by atoms with Crippen molar-refractivity contribution in [3.63, 3.8) is 0 Å². The van der Waals surface area contributed by atoms with E-state index in [9.17, 15) is 8.42 Å². The van der Waals surface area contributed by atoms with Crippen molar-refractivity contribution in [2.75, 3.05) is 11.3 Å². The summed E-state index contributed by atoms with van der Waals surface area (Å²) in [7, 11) is -3.66. The average molecular weight is 414 g/mol. The lowest BCUT2D eigenvalue weighted by molar-refractivity contribution is 0.340. The Labute approximate surface area is 167 Å². The van der Waals surface area contributed by atoms with Crippen LogP contribution < -0.4 is 9.46 Å². The van der Waals surface area contributed by atoms with E-state index in [1.165, 1.54) is 12.1 Å². The Kier molecular flexibility index (Phi) is 4.82. The Hall–Kier alpha value is -2.84. The average Bonchev–Trinajstić information content (AvgIpc) is 3.25. The molecule has 2 heterocycles. The summed E-state index contributed by atoms with van der Waals surface area (Å²) in [4.78, 5) is 5.73. The van der Waals surface area contributed by atoms with Crippen molar-refractivity contribution >= 4 is 32.0 Å². The Bertz CT molecular complexity index is 1210. The summed E-state index contributed by atoms with van der Waals surface area (Å²) in [6.45, 7) is 4.45. The van der Waals surface area contributed by atoms with E-state index in [1.54, 1.807) is 35.6 Å². The van der Waals surface area contributed by atoms with Crippen molar-refractivity contribution in [3.05, 3.63) is 65.8 Å². The largest absolute Gasteiger partial charge is 0.494 e. The first-order valence-corrected chi connectivity index (χ1v) is 11.1. The molecule has 0 aliphatic heterocycles. The molecule has 8 heteroatoms. The second-order valence-electron chi connectivity index (χ2n) is 6.24. The molecule has 6 nitrogen and oxygen atoms in total. The Balaban J connectivity index is 1.53. The lowest BCUT2D eigenvalue weighted by Gasteiger charge is -2.09. The summed E-state index contributed by atoms with van der Waals surface area (Å²) in [6, 6.07) is 13.5. The van der Waals surface area contributed by atoms with Gasteiger partial charge in [0.15, 0.2) is 4.96 Å². The van der Waals surface area contributed by atoms with Crippen LogP contribution in [0.15, 0.2) is 65.0 Å². The summed E-state index contributed by atoms with van der Waals surface area (Å²) in [5, 5.41) is 2.06. The monoisotopic (exact) mass is 413 g/mol. The Morgan fingerprint density at radius 2 is 1.82 bits per heavy atom. The SMILES string of the molecule is CCOc1ccc(S(=O)(=O)Nc2ccc(-c3cn4c(C)csc4n3)cc2)cc1. The van der Waals surface area contributed by atoms with Crippen LogP contribution in [0.3, 0.4) is 0 Å². The first-order valence-electron chi connectivity index (χ1n) is 8.75. The van der Waals surface area contributed by atoms with Crippen LogP contribution in [-0.4, -0.2) is 24.4 Å². The molecule has 2 aromatic carbocycles. The highest BCUT2D eigenvalue weighted by Crippen LogP contribution is 2.25. The molecule has 0 unspecified atom stereocenters. The van der Waals surface area contributed by atoms with Gasteiger partial charge in [0.05, 0.1) is 17.2 Å². The van der Waals surface area contributed by atoms with Gasteiger partial charge >= 0.3 is 0 Å². The fraction of sp³-hybridized carbons (Fsp3) is 0.150. The summed E-state index contributed by atoms with van der Waals surface area (Å²) in [5.74, 6) is 0.640. The summed E-state index contributed by atoms with van der Waals surface area (Å²) >= 11 is 1.59. The fourth-order valence-corrected chi connectivity index (χ4v) is 4.75. The van der Waals surface area contributed by atoms with Crippen LogP contribution in [0.25, 0.3) is 16.2 Å². The van der Waals surface area contributed by atoms with Gasteiger partial charge in [0, 0.05) is 28.5 Å². The molecule has 1 N–H and O–H groups in total. The number of rotatable bonds is 6. The molecule has 0 aliphatic rings. The predicted octanol–water partition coefficient (Wildman–Crippen LogP) is 4.57. The molecule has 4 aromatic rings. The van der Waals surface area contributed by atoms with E-state index in [1.807, 2.05) is 36.6 Å². The quantitative estimate of drug-likeness (QED) is 0.502. The van der Waals surface area contributed by atoms with Gasteiger partial charge in [-0.2, -0.15) is 0 Å². The maximum atomic E-state index is 12.6. The van der Waals surface area contributed by atoms with Gasteiger partial charge in [-0.1, -0.05) is 12.1 Å². The molecule has 2 aromatic heterocycles. The number of nitrogens with one attached hydrogen (secondary N) is 1. The fourth-order valence-electron chi connectivity index (χ4n) is 2.84. The van der Waals surface area contributed by atoms with E-state index < -0.39 is 10.0 Å². The van der Waals surface area contributed by atoms with E-state index >= 15 is 0 Å². The number of aryl methyl sites for hydroxylation is 1. The minimum atomic E-state index is -3.66. The molecule has 0 aliphatic carbocycles. The lowest BCUT2D eigenvalue weighted by atomic mass is 10.1. The van der Waals surface area contributed by atoms with Gasteiger partial charge in [0.2, 0.25) is 0 Å². The molecule has 0 amide bonds. The van der Waals surface area contributed by atoms with Gasteiger partial charge in [0.1, 0.15) is 5.75 Å². The topological polar surface area (TPSA) is 72.7 Å². The zero-order valence-corrected chi connectivity index (χ0v) is 17.0. The predicted molar refractivity (Wildman–Crippen MR) is 112 cm³/mol. The molecule has 144 valence electrons. The second-order valence-corrected chi connectivity index (χ2v) is 8.76. The number of fused-ring (bicyclic) bond motifs is 1. The molecule has 4 rings (SSSR count). The van der Waals surface area contributed by atoms with Crippen LogP contribution in [0, 0.1) is 6.92 Å². The minimum absolute atomic E-state index is 0.185. The lowest BCUT2D eigenvalue weighted by Crippen LogP contribution is -2.12. The van der Waals surface area contributed by atoms with E-state index in [-0.39, 0.29) is 4.90 Å². The van der Waals surface area contributed by atoms with Crippen LogP contribution in [0.2, 0.25) is 0 Å². The third-order valence-corrected chi connectivity index (χ3v) is 6.62. The van der Waals surface area contributed by atoms with Crippen molar-refractivity contribution < 1.29 is 13.2 Å². The van der Waals surface area contributed by atoms with E-state index in [0.717, 1.165) is 21.9 Å². The molecule has 0 atom stereocenters. The third kappa shape index (κ3) is 3.61. The van der Waals surface area contributed by atoms with Crippen molar-refractivity contribution in [1.82, 2.24) is 9.38 Å². The van der Waals surface area contributed by atoms with Gasteiger partial charge in [-0.05, 0) is 50.2 Å². The van der Waals surface area contributed by atoms with Gasteiger partial charge < -0.3 is 4.74 Å². The Morgan fingerprint density at radius 1 is 1.11 bits per heavy atom. The molecule has 0 saturated carbocycles. The molecule has 0 radical (unpaired) electrons. The molecular formula is C20H19N3O3S2. The number of benzene rings is 2. The molecule has 0 spiro atoms. The number of sulfonamides is 1. The third-order valence-electron chi connectivity index (χ3n) is 4.27. The molecule has 0 fully saturated rings. The van der Waals surface area contributed by atoms with Crippen LogP contribution in [0.4, 0.5) is 5.69 Å². The molecule has 0 saturated heterocycles. The number of anilines is 1. The van der Waals surface area contributed by atoms with E-state index in [2.05, 4.69) is 15.1 Å². The highest BCUT2D eigenvalue weighted by atomic mass is 32.2. The van der Waals surface area contributed by atoms with Crippen LogP contribution in [0.1, 0.15) is 12.6 Å². The molecule has 28 heavy (non-hydrogen) atoms. The smallest absolute Gasteiger partial charge is 0.261 e. The minimum Gasteiger partial charge on any atom is -0.494 e. The van der Waals surface area contributed by atoms with Crippen molar-refractivity contribution in [3.8, 4) is 17.0 Å². The first kappa shape index (κ1) is 18.5. The number of hydrogen-bond acceptors (Lipinski definition) is 5. The van der Waals surface area contributed by atoms with Gasteiger partial charge in [-0.15, -0.1) is 11.3 Å². The highest BCUT2D eigenvalue weighted by Gasteiger charge is 2.15. The number of ether oxygens (including phenoxy) is 1. The van der Waals surface area contributed by atoms with E-state index in [0.29, 0.717) is 18.0 Å². The van der Waals surface area contributed by atoms with Crippen LogP contribution in [-0.2, 0) is 10.0 Å². The number of aromatic nitrogens is 2. The standard InChI is InChI=1S/C20H19N3O3S2/c1-3-26-17-8-10-18(11-9-17)28(24,25)22-16-6-4-15(5-7-16)19-12-23-14(2)13-27-20(23)21-19/h4-13,22H,3H2,1-2H3. The number of hydrogen-bond donors (Lipinski definition) is 1. The maximum absolute atomic E-state index is 12.6. The molecule has 0 bridgehead atoms. The zero-order valence-electron chi connectivity index (χ0n) is 15.4. The zero-order chi connectivity index (χ0) is 19.7. The van der Waals surface area contributed by atoms with Crippen molar-refractivity contribution in [2.24, 2.45) is 0 Å². The maximum Gasteiger partial charge on any atom is 0.261 e. The highest BCUT2D eigenvalue weighted by molar-refractivity contribution is 7.92. The summed E-state index contributed by atoms with van der Waals surface area (Å²) < 4.78 is 35.2. The van der Waals surface area contributed by atoms with Gasteiger partial charge in [-0.3, -0.25) is 9.12 Å². The number of imidazole rings is 1. The summed E-state index contributed by atoms with van der Waals surface area (Å²) in [6.07, 6.45) is 1.99. The van der Waals surface area contributed by atoms with Crippen molar-refractivity contribution in [2.45, 2.75) is 18.7 Å². The molecular weight excluding hydrogens is 394 g/mol. The normalized spacial score (nSPS) is 11.6. The second kappa shape index (κ2) is 7.29. The first-order chi connectivity index (χ1) is 13.5. The number of nitrogens with zero attached hydrogens (tertiary/aromatic N) is 2. The van der Waals surface area contributed by atoms with Gasteiger partial charge in [-0.25, -0.2) is 13.4 Å². The van der Waals surface area contributed by atoms with Crippen molar-refractivity contribution in [1.29, 1.82) is 0 Å². The van der Waals surface area contributed by atoms with E-state index in [4.69, 9.17) is 4.74 Å². The van der Waals surface area contributed by atoms with Crippen LogP contribution in [0.5, 0.6) is 5.75 Å².